The molecule has 1 fully saturated rings. The summed E-state index contributed by atoms with van der Waals surface area (Å²) in [6.45, 7) is 1.56. The summed E-state index contributed by atoms with van der Waals surface area (Å²) in [6, 6.07) is 7.94. The summed E-state index contributed by atoms with van der Waals surface area (Å²) in [6.07, 6.45) is 2.75. The Balaban J connectivity index is 0.000000128. The molecule has 1 saturated heterocycles. The Morgan fingerprint density at radius 2 is 1.93 bits per heavy atom. The van der Waals surface area contributed by atoms with E-state index in [1.54, 1.807) is 6.33 Å². The number of para-hydroxylation sites is 2. The number of hydrogen-bond acceptors (Lipinski definition) is 3. The zero-order valence-electron chi connectivity index (χ0n) is 7.77. The minimum Gasteiger partial charge on any atom is -0.345 e. The van der Waals surface area contributed by atoms with E-state index in [1.807, 2.05) is 24.3 Å². The highest BCUT2D eigenvalue weighted by Gasteiger charge is 1.95. The van der Waals surface area contributed by atoms with Crippen molar-refractivity contribution in [1.82, 2.24) is 9.97 Å². The molecule has 0 radical (unpaired) electrons. The molecule has 0 amide bonds. The maximum Gasteiger partial charge on any atom is 0.0931 e. The second-order valence-corrected chi connectivity index (χ2v) is 2.92. The first kappa shape index (κ1) is 9.18. The van der Waals surface area contributed by atoms with Crippen LogP contribution >= 0.6 is 0 Å². The summed E-state index contributed by atoms with van der Waals surface area (Å²) in [5.41, 5.74) is 2.12. The van der Waals surface area contributed by atoms with E-state index >= 15 is 0 Å². The smallest absolute Gasteiger partial charge is 0.0931 e. The fourth-order valence-corrected chi connectivity index (χ4v) is 1.17. The van der Waals surface area contributed by atoms with Gasteiger partial charge in [0.1, 0.15) is 0 Å². The van der Waals surface area contributed by atoms with Crippen LogP contribution in [-0.4, -0.2) is 23.2 Å². The van der Waals surface area contributed by atoms with Crippen LogP contribution in [0.1, 0.15) is 6.42 Å². The average molecular weight is 192 g/mol. The minimum atomic E-state index is 0.778. The molecule has 1 N–H and O–H groups in total. The van der Waals surface area contributed by atoms with Gasteiger partial charge in [0.05, 0.1) is 30.6 Å². The van der Waals surface area contributed by atoms with Crippen molar-refractivity contribution >= 4 is 11.0 Å². The molecular formula is C10H12N2O2. The minimum absolute atomic E-state index is 0.778. The Bertz CT molecular complexity index is 344. The molecule has 14 heavy (non-hydrogen) atoms. The van der Waals surface area contributed by atoms with Gasteiger partial charge in [-0.15, -0.1) is 0 Å². The fourth-order valence-electron chi connectivity index (χ4n) is 1.17. The Morgan fingerprint density at radius 1 is 1.14 bits per heavy atom. The maximum absolute atomic E-state index is 4.44. The van der Waals surface area contributed by atoms with Gasteiger partial charge in [-0.3, -0.25) is 0 Å². The highest BCUT2D eigenvalue weighted by molar-refractivity contribution is 5.73. The van der Waals surface area contributed by atoms with Crippen molar-refractivity contribution in [2.75, 3.05) is 13.2 Å². The zero-order chi connectivity index (χ0) is 9.64. The second-order valence-electron chi connectivity index (χ2n) is 2.92. The van der Waals surface area contributed by atoms with E-state index in [9.17, 15) is 0 Å². The Morgan fingerprint density at radius 3 is 2.57 bits per heavy atom. The Labute approximate surface area is 81.8 Å². The van der Waals surface area contributed by atoms with Crippen molar-refractivity contribution in [3.63, 3.8) is 0 Å². The Hall–Kier alpha value is -1.39. The van der Waals surface area contributed by atoms with Gasteiger partial charge >= 0.3 is 0 Å². The predicted molar refractivity (Wildman–Crippen MR) is 52.6 cm³/mol. The number of H-pyrrole nitrogens is 1. The van der Waals surface area contributed by atoms with Gasteiger partial charge < -0.3 is 4.98 Å². The molecule has 1 aliphatic heterocycles. The molecule has 3 rings (SSSR count). The van der Waals surface area contributed by atoms with Crippen molar-refractivity contribution in [1.29, 1.82) is 0 Å². The van der Waals surface area contributed by atoms with E-state index < -0.39 is 0 Å². The van der Waals surface area contributed by atoms with Crippen LogP contribution in [0, 0.1) is 0 Å². The van der Waals surface area contributed by atoms with Gasteiger partial charge in [-0.1, -0.05) is 12.1 Å². The van der Waals surface area contributed by atoms with Crippen LogP contribution in [0.3, 0.4) is 0 Å². The van der Waals surface area contributed by atoms with E-state index in [0.717, 1.165) is 30.7 Å². The first-order valence-corrected chi connectivity index (χ1v) is 4.59. The predicted octanol–water partition coefficient (Wildman–Crippen LogP) is 1.90. The summed E-state index contributed by atoms with van der Waals surface area (Å²) >= 11 is 0. The third-order valence-electron chi connectivity index (χ3n) is 1.87. The van der Waals surface area contributed by atoms with E-state index in [2.05, 4.69) is 19.7 Å². The highest BCUT2D eigenvalue weighted by atomic mass is 17.2. The summed E-state index contributed by atoms with van der Waals surface area (Å²) in [5.74, 6) is 0. The lowest BCUT2D eigenvalue weighted by Gasteiger charge is -1.81. The number of imidazole rings is 1. The lowest BCUT2D eigenvalue weighted by atomic mass is 10.3. The molecule has 0 unspecified atom stereocenters. The SMILES string of the molecule is C1COOC1.c1ccc2[nH]cnc2c1. The quantitative estimate of drug-likeness (QED) is 0.648. The van der Waals surface area contributed by atoms with Gasteiger partial charge in [-0.25, -0.2) is 14.8 Å². The lowest BCUT2D eigenvalue weighted by Crippen LogP contribution is -1.72. The van der Waals surface area contributed by atoms with Gasteiger partial charge in [0.15, 0.2) is 0 Å². The lowest BCUT2D eigenvalue weighted by molar-refractivity contribution is -0.248. The number of nitrogens with zero attached hydrogens (tertiary/aromatic N) is 1. The van der Waals surface area contributed by atoms with Crippen LogP contribution in [-0.2, 0) is 9.78 Å². The van der Waals surface area contributed by atoms with Crippen molar-refractivity contribution in [2.45, 2.75) is 6.42 Å². The number of aromatic nitrogens is 2. The third kappa shape index (κ3) is 2.31. The molecule has 0 bridgehead atoms. The first-order valence-electron chi connectivity index (χ1n) is 4.59. The summed E-state index contributed by atoms with van der Waals surface area (Å²) in [4.78, 5) is 16.0. The van der Waals surface area contributed by atoms with Crippen molar-refractivity contribution in [2.24, 2.45) is 0 Å². The molecule has 1 aromatic heterocycles. The first-order chi connectivity index (χ1) is 6.97. The molecule has 4 heteroatoms. The molecule has 1 aromatic carbocycles. The third-order valence-corrected chi connectivity index (χ3v) is 1.87. The second kappa shape index (κ2) is 4.74. The Kier molecular flexibility index (Phi) is 3.10. The van der Waals surface area contributed by atoms with Gasteiger partial charge in [0.2, 0.25) is 0 Å². The number of rotatable bonds is 0. The van der Waals surface area contributed by atoms with Crippen LogP contribution in [0.5, 0.6) is 0 Å². The summed E-state index contributed by atoms with van der Waals surface area (Å²) < 4.78 is 0. The monoisotopic (exact) mass is 192 g/mol. The molecule has 74 valence electrons. The van der Waals surface area contributed by atoms with E-state index in [4.69, 9.17) is 0 Å². The number of benzene rings is 1. The van der Waals surface area contributed by atoms with Crippen LogP contribution in [0.15, 0.2) is 30.6 Å². The summed E-state index contributed by atoms with van der Waals surface area (Å²) in [7, 11) is 0. The normalized spacial score (nSPS) is 15.1. The maximum atomic E-state index is 4.44. The molecule has 0 atom stereocenters. The van der Waals surface area contributed by atoms with E-state index in [1.165, 1.54) is 0 Å². The van der Waals surface area contributed by atoms with Crippen molar-refractivity contribution < 1.29 is 9.78 Å². The number of nitrogens with one attached hydrogen (secondary N) is 1. The molecule has 4 nitrogen and oxygen atoms in total. The molecular weight excluding hydrogens is 180 g/mol. The highest BCUT2D eigenvalue weighted by Crippen LogP contribution is 2.05. The number of aromatic amines is 1. The van der Waals surface area contributed by atoms with Crippen molar-refractivity contribution in [3.8, 4) is 0 Å². The van der Waals surface area contributed by atoms with Gasteiger partial charge in [0.25, 0.3) is 0 Å². The van der Waals surface area contributed by atoms with Crippen LogP contribution < -0.4 is 0 Å². The van der Waals surface area contributed by atoms with Gasteiger partial charge in [-0.05, 0) is 12.1 Å². The molecule has 2 heterocycles. The molecule has 2 aromatic rings. The van der Waals surface area contributed by atoms with Gasteiger partial charge in [-0.2, -0.15) is 0 Å². The van der Waals surface area contributed by atoms with Crippen LogP contribution in [0.4, 0.5) is 0 Å². The van der Waals surface area contributed by atoms with E-state index in [0.29, 0.717) is 0 Å². The van der Waals surface area contributed by atoms with Crippen molar-refractivity contribution in [3.05, 3.63) is 30.6 Å². The van der Waals surface area contributed by atoms with E-state index in [-0.39, 0.29) is 0 Å². The molecule has 0 saturated carbocycles. The largest absolute Gasteiger partial charge is 0.345 e. The van der Waals surface area contributed by atoms with Gasteiger partial charge in [0, 0.05) is 6.42 Å². The topological polar surface area (TPSA) is 47.1 Å². The number of hydrogen-bond donors (Lipinski definition) is 1. The standard InChI is InChI=1S/C7H6N2.C3H6O2/c1-2-4-7-6(3-1)8-5-9-7;1-2-4-5-3-1/h1-5H,(H,8,9);1-3H2. The van der Waals surface area contributed by atoms with Crippen LogP contribution in [0.2, 0.25) is 0 Å². The summed E-state index contributed by atoms with van der Waals surface area (Å²) in [5, 5.41) is 0. The number of fused-ring (bicyclic) bond motifs is 1. The molecule has 0 aliphatic carbocycles. The zero-order valence-corrected chi connectivity index (χ0v) is 7.77. The molecule has 0 spiro atoms. The average Bonchev–Trinajstić information content (AvgIpc) is 2.92. The fraction of sp³-hybridized carbons (Fsp3) is 0.300. The van der Waals surface area contributed by atoms with Crippen LogP contribution in [0.25, 0.3) is 11.0 Å². The molecule has 1 aliphatic rings.